The normalized spacial score (nSPS) is 11.2. The number of imidazole rings is 1. The zero-order valence-electron chi connectivity index (χ0n) is 11.6. The van der Waals surface area contributed by atoms with Gasteiger partial charge < -0.3 is 0 Å². The van der Waals surface area contributed by atoms with Crippen LogP contribution in [0.2, 0.25) is 5.15 Å². The summed E-state index contributed by atoms with van der Waals surface area (Å²) < 4.78 is 1.71. The van der Waals surface area contributed by atoms with Crippen LogP contribution in [0.15, 0.2) is 34.9 Å². The van der Waals surface area contributed by atoms with Crippen molar-refractivity contribution in [3.63, 3.8) is 0 Å². The molecule has 3 rings (SSSR count). The first kappa shape index (κ1) is 15.8. The van der Waals surface area contributed by atoms with Gasteiger partial charge in [0, 0.05) is 17.6 Å². The lowest BCUT2D eigenvalue weighted by Crippen LogP contribution is -1.99. The number of nitro benzene ring substituents is 2. The number of aromatic nitrogens is 2. The predicted octanol–water partition coefficient (Wildman–Crippen LogP) is 3.31. The topological polar surface area (TPSA) is 128 Å². The molecule has 12 heteroatoms. The minimum atomic E-state index is -0.728. The summed E-state index contributed by atoms with van der Waals surface area (Å²) >= 11 is 7.40. The minimum Gasteiger partial charge on any atom is -0.288 e. The quantitative estimate of drug-likeness (QED) is 0.419. The third-order valence-corrected chi connectivity index (χ3v) is 4.05. The van der Waals surface area contributed by atoms with Crippen LogP contribution >= 0.6 is 22.9 Å². The van der Waals surface area contributed by atoms with Crippen molar-refractivity contribution in [1.29, 1.82) is 0 Å². The van der Waals surface area contributed by atoms with E-state index in [0.29, 0.717) is 10.7 Å². The molecule has 1 aromatic carbocycles. The number of hydrazone groups is 1. The Hall–Kier alpha value is -3.05. The second kappa shape index (κ2) is 6.22. The van der Waals surface area contributed by atoms with Crippen molar-refractivity contribution in [3.05, 3.63) is 60.9 Å². The lowest BCUT2D eigenvalue weighted by molar-refractivity contribution is -0.393. The second-order valence-electron chi connectivity index (χ2n) is 4.43. The van der Waals surface area contributed by atoms with E-state index in [4.69, 9.17) is 11.6 Å². The molecule has 0 atom stereocenters. The first-order valence-electron chi connectivity index (χ1n) is 6.30. The number of hydrogen-bond acceptors (Lipinski definition) is 8. The van der Waals surface area contributed by atoms with E-state index in [2.05, 4.69) is 15.5 Å². The molecule has 0 amide bonds. The number of benzene rings is 1. The maximum absolute atomic E-state index is 11.0. The Morgan fingerprint density at radius 1 is 1.33 bits per heavy atom. The minimum absolute atomic E-state index is 0.0176. The van der Waals surface area contributed by atoms with E-state index in [1.165, 1.54) is 23.6 Å². The fraction of sp³-hybridized carbons (Fsp3) is 0. The molecule has 0 spiro atoms. The molecule has 0 saturated carbocycles. The molecule has 0 bridgehead atoms. The van der Waals surface area contributed by atoms with Crippen molar-refractivity contribution in [1.82, 2.24) is 9.38 Å². The number of hydrogen-bond donors (Lipinski definition) is 1. The van der Waals surface area contributed by atoms with E-state index >= 15 is 0 Å². The maximum atomic E-state index is 11.0. The lowest BCUT2D eigenvalue weighted by atomic mass is 10.2. The summed E-state index contributed by atoms with van der Waals surface area (Å²) in [5.74, 6) is 0. The fourth-order valence-corrected chi connectivity index (χ4v) is 2.93. The van der Waals surface area contributed by atoms with Gasteiger partial charge in [-0.3, -0.25) is 30.1 Å². The first-order valence-corrected chi connectivity index (χ1v) is 7.56. The Kier molecular flexibility index (Phi) is 4.10. The number of thiazole rings is 1. The molecular formula is C12H7ClN6O4S. The molecular weight excluding hydrogens is 360 g/mol. The van der Waals surface area contributed by atoms with Crippen LogP contribution in [0, 0.1) is 20.2 Å². The van der Waals surface area contributed by atoms with Gasteiger partial charge >= 0.3 is 5.69 Å². The largest absolute Gasteiger partial charge is 0.301 e. The molecule has 0 radical (unpaired) electrons. The van der Waals surface area contributed by atoms with Crippen LogP contribution in [0.25, 0.3) is 4.96 Å². The second-order valence-corrected chi connectivity index (χ2v) is 5.66. The van der Waals surface area contributed by atoms with E-state index in [9.17, 15) is 20.2 Å². The monoisotopic (exact) mass is 366 g/mol. The highest BCUT2D eigenvalue weighted by Gasteiger charge is 2.19. The third kappa shape index (κ3) is 2.89. The van der Waals surface area contributed by atoms with Crippen LogP contribution in [0.4, 0.5) is 17.1 Å². The standard InChI is InChI=1S/C12H7ClN6O4S/c13-11-10(17-3-4-24-12(17)15-11)6-14-16-8-2-1-7(18(20)21)5-9(8)19(22)23/h1-6,16H/b14-6+. The number of halogens is 1. The molecule has 122 valence electrons. The van der Waals surface area contributed by atoms with Crippen LogP contribution in [0.3, 0.4) is 0 Å². The van der Waals surface area contributed by atoms with Crippen molar-refractivity contribution in [3.8, 4) is 0 Å². The van der Waals surface area contributed by atoms with Gasteiger partial charge in [-0.1, -0.05) is 11.6 Å². The van der Waals surface area contributed by atoms with Gasteiger partial charge in [-0.15, -0.1) is 11.3 Å². The number of anilines is 1. The molecule has 0 unspecified atom stereocenters. The van der Waals surface area contributed by atoms with E-state index < -0.39 is 15.5 Å². The smallest absolute Gasteiger partial charge is 0.288 e. The molecule has 0 aliphatic rings. The highest BCUT2D eigenvalue weighted by Crippen LogP contribution is 2.29. The van der Waals surface area contributed by atoms with Crippen LogP contribution in [-0.2, 0) is 0 Å². The van der Waals surface area contributed by atoms with Gasteiger partial charge in [0.1, 0.15) is 11.4 Å². The van der Waals surface area contributed by atoms with E-state index in [0.717, 1.165) is 12.1 Å². The van der Waals surface area contributed by atoms with Crippen LogP contribution in [0.5, 0.6) is 0 Å². The highest BCUT2D eigenvalue weighted by molar-refractivity contribution is 7.15. The Morgan fingerprint density at radius 3 is 2.83 bits per heavy atom. The summed E-state index contributed by atoms with van der Waals surface area (Å²) in [4.78, 5) is 25.1. The number of non-ortho nitro benzene ring substituents is 1. The number of fused-ring (bicyclic) bond motifs is 1. The lowest BCUT2D eigenvalue weighted by Gasteiger charge is -2.01. The van der Waals surface area contributed by atoms with Crippen LogP contribution < -0.4 is 5.43 Å². The molecule has 10 nitrogen and oxygen atoms in total. The van der Waals surface area contributed by atoms with Crippen LogP contribution in [0.1, 0.15) is 5.69 Å². The summed E-state index contributed by atoms with van der Waals surface area (Å²) in [6.07, 6.45) is 3.12. The van der Waals surface area contributed by atoms with E-state index in [1.807, 2.05) is 5.38 Å². The van der Waals surface area contributed by atoms with Gasteiger partial charge in [-0.25, -0.2) is 4.98 Å². The van der Waals surface area contributed by atoms with Crippen molar-refractivity contribution in [2.45, 2.75) is 0 Å². The summed E-state index contributed by atoms with van der Waals surface area (Å²) in [5, 5.41) is 27.7. The summed E-state index contributed by atoms with van der Waals surface area (Å²) in [6.45, 7) is 0. The molecule has 1 N–H and O–H groups in total. The zero-order chi connectivity index (χ0) is 17.3. The van der Waals surface area contributed by atoms with Crippen molar-refractivity contribution < 1.29 is 9.85 Å². The highest BCUT2D eigenvalue weighted by atomic mass is 35.5. The molecule has 2 aromatic heterocycles. The number of nitrogens with one attached hydrogen (secondary N) is 1. The van der Waals surface area contributed by atoms with Gasteiger partial charge in [0.2, 0.25) is 0 Å². The van der Waals surface area contributed by atoms with E-state index in [-0.39, 0.29) is 16.5 Å². The molecule has 0 aliphatic heterocycles. The first-order chi connectivity index (χ1) is 11.5. The Balaban J connectivity index is 1.88. The Labute approximate surface area is 142 Å². The average Bonchev–Trinajstić information content (AvgIpc) is 3.09. The van der Waals surface area contributed by atoms with Crippen molar-refractivity contribution in [2.75, 3.05) is 5.43 Å². The van der Waals surface area contributed by atoms with Crippen molar-refractivity contribution in [2.24, 2.45) is 5.10 Å². The maximum Gasteiger partial charge on any atom is 0.301 e. The van der Waals surface area contributed by atoms with E-state index in [1.54, 1.807) is 10.6 Å². The van der Waals surface area contributed by atoms with Gasteiger partial charge in [0.05, 0.1) is 22.1 Å². The third-order valence-electron chi connectivity index (χ3n) is 3.01. The Morgan fingerprint density at radius 2 is 2.12 bits per heavy atom. The molecule has 24 heavy (non-hydrogen) atoms. The predicted molar refractivity (Wildman–Crippen MR) is 89.0 cm³/mol. The molecule has 0 fully saturated rings. The SMILES string of the molecule is O=[N+]([O-])c1ccc(N/N=C/c2c(Cl)nc3sccn23)c([N+](=O)[O-])c1. The van der Waals surface area contributed by atoms with Gasteiger partial charge in [0.15, 0.2) is 10.1 Å². The number of nitro groups is 2. The van der Waals surface area contributed by atoms with Gasteiger partial charge in [0.25, 0.3) is 5.69 Å². The fourth-order valence-electron chi connectivity index (χ4n) is 1.93. The average molecular weight is 367 g/mol. The van der Waals surface area contributed by atoms with Gasteiger partial charge in [-0.2, -0.15) is 5.10 Å². The Bertz CT molecular complexity index is 981. The molecule has 0 aliphatic carbocycles. The summed E-state index contributed by atoms with van der Waals surface area (Å²) in [6, 6.07) is 3.22. The number of rotatable bonds is 5. The molecule has 2 heterocycles. The summed E-state index contributed by atoms with van der Waals surface area (Å²) in [7, 11) is 0. The van der Waals surface area contributed by atoms with Crippen molar-refractivity contribution >= 4 is 51.2 Å². The summed E-state index contributed by atoms with van der Waals surface area (Å²) in [5.41, 5.74) is 2.18. The van der Waals surface area contributed by atoms with Crippen LogP contribution in [-0.4, -0.2) is 25.4 Å². The number of nitrogens with zero attached hydrogens (tertiary/aromatic N) is 5. The molecule has 3 aromatic rings. The zero-order valence-corrected chi connectivity index (χ0v) is 13.2. The van der Waals surface area contributed by atoms with Gasteiger partial charge in [-0.05, 0) is 6.07 Å². The molecule has 0 saturated heterocycles.